The van der Waals surface area contributed by atoms with E-state index in [2.05, 4.69) is 20.9 Å². The average molecular weight is 562 g/mol. The number of halogens is 5. The van der Waals surface area contributed by atoms with Gasteiger partial charge < -0.3 is 14.6 Å². The van der Waals surface area contributed by atoms with E-state index in [1.807, 2.05) is 0 Å². The van der Waals surface area contributed by atoms with Crippen LogP contribution >= 0.6 is 27.5 Å². The summed E-state index contributed by atoms with van der Waals surface area (Å²) in [6.07, 6.45) is -5.24. The highest BCUT2D eigenvalue weighted by atomic mass is 79.9. The highest BCUT2D eigenvalue weighted by molar-refractivity contribution is 9.10. The van der Waals surface area contributed by atoms with E-state index in [0.29, 0.717) is 32.1 Å². The standard InChI is InChI=1S/C21H17BrClF3N2O2.C2H4O2/c1-11-9-27-17-10-30-19(13-4-3-5-16(29-2)18(13)23)14-8-12(22)6-7-15(14)28(17)20(11)21(24,25)26;1-2(3)4/h3-8,19H,9-10H2,1-2H3;1H3,(H,3,4)/t19-;/m1./s1. The molecule has 11 heteroatoms. The zero-order chi connectivity index (χ0) is 25.2. The third kappa shape index (κ3) is 5.39. The predicted molar refractivity (Wildman–Crippen MR) is 127 cm³/mol. The van der Waals surface area contributed by atoms with Gasteiger partial charge in [0, 0.05) is 22.5 Å². The number of allylic oxidation sites excluding steroid dienone is 1. The van der Waals surface area contributed by atoms with Gasteiger partial charge in [0.1, 0.15) is 30.0 Å². The second-order valence-electron chi connectivity index (χ2n) is 7.47. The molecule has 0 amide bonds. The lowest BCUT2D eigenvalue weighted by molar-refractivity contribution is -0.134. The van der Waals surface area contributed by atoms with Crippen LogP contribution in [0, 0.1) is 0 Å². The van der Waals surface area contributed by atoms with Gasteiger partial charge in [0.05, 0.1) is 24.4 Å². The summed E-state index contributed by atoms with van der Waals surface area (Å²) in [7, 11) is 1.50. The van der Waals surface area contributed by atoms with Crippen molar-refractivity contribution in [2.45, 2.75) is 26.1 Å². The summed E-state index contributed by atoms with van der Waals surface area (Å²) in [6, 6.07) is 10.3. The number of rotatable bonds is 2. The quantitative estimate of drug-likeness (QED) is 0.461. The molecule has 4 rings (SSSR count). The van der Waals surface area contributed by atoms with Crippen LogP contribution in [0.1, 0.15) is 31.1 Å². The van der Waals surface area contributed by atoms with Crippen LogP contribution in [0.25, 0.3) is 0 Å². The van der Waals surface area contributed by atoms with Gasteiger partial charge in [0.2, 0.25) is 0 Å². The maximum atomic E-state index is 14.0. The van der Waals surface area contributed by atoms with Gasteiger partial charge in [-0.1, -0.05) is 39.7 Å². The Morgan fingerprint density at radius 3 is 2.59 bits per heavy atom. The van der Waals surface area contributed by atoms with Gasteiger partial charge in [0.15, 0.2) is 0 Å². The van der Waals surface area contributed by atoms with Crippen molar-refractivity contribution < 1.29 is 32.5 Å². The van der Waals surface area contributed by atoms with Crippen molar-refractivity contribution in [3.05, 3.63) is 68.3 Å². The first-order valence-electron chi connectivity index (χ1n) is 9.99. The third-order valence-electron chi connectivity index (χ3n) is 5.04. The zero-order valence-corrected chi connectivity index (χ0v) is 20.8. The van der Waals surface area contributed by atoms with Crippen molar-refractivity contribution >= 4 is 45.0 Å². The number of benzene rings is 2. The number of hydrogen-bond donors (Lipinski definition) is 1. The number of carbonyl (C=O) groups is 1. The Morgan fingerprint density at radius 2 is 1.97 bits per heavy atom. The largest absolute Gasteiger partial charge is 0.495 e. The van der Waals surface area contributed by atoms with Crippen molar-refractivity contribution in [1.29, 1.82) is 0 Å². The number of fused-ring (bicyclic) bond motifs is 3. The van der Waals surface area contributed by atoms with Crippen LogP contribution in [0.5, 0.6) is 5.75 Å². The van der Waals surface area contributed by atoms with Gasteiger partial charge in [-0.15, -0.1) is 0 Å². The number of carboxylic acids is 1. The van der Waals surface area contributed by atoms with Gasteiger partial charge in [-0.05, 0) is 36.8 Å². The van der Waals surface area contributed by atoms with E-state index >= 15 is 0 Å². The van der Waals surface area contributed by atoms with E-state index < -0.39 is 23.9 Å². The smallest absolute Gasteiger partial charge is 0.431 e. The molecular weight excluding hydrogens is 541 g/mol. The molecule has 1 N–H and O–H groups in total. The van der Waals surface area contributed by atoms with Gasteiger partial charge >= 0.3 is 6.18 Å². The van der Waals surface area contributed by atoms with Crippen molar-refractivity contribution in [2.75, 3.05) is 25.2 Å². The van der Waals surface area contributed by atoms with Crippen molar-refractivity contribution in [3.63, 3.8) is 0 Å². The minimum absolute atomic E-state index is 0.0273. The molecule has 0 radical (unpaired) electrons. The molecule has 0 fully saturated rings. The fourth-order valence-corrected chi connectivity index (χ4v) is 4.43. The van der Waals surface area contributed by atoms with Crippen LogP contribution in [0.15, 0.2) is 57.1 Å². The lowest BCUT2D eigenvalue weighted by Crippen LogP contribution is -2.42. The number of carboxylic acid groups (broad SMARTS) is 1. The van der Waals surface area contributed by atoms with Crippen molar-refractivity contribution in [2.24, 2.45) is 4.99 Å². The molecule has 0 saturated carbocycles. The zero-order valence-electron chi connectivity index (χ0n) is 18.4. The predicted octanol–water partition coefficient (Wildman–Crippen LogP) is 6.38. The maximum Gasteiger partial charge on any atom is 0.431 e. The van der Waals surface area contributed by atoms with Crippen LogP contribution in [-0.4, -0.2) is 43.3 Å². The average Bonchev–Trinajstić information content (AvgIpc) is 2.89. The molecule has 0 bridgehead atoms. The SMILES string of the molecule is CC(=O)O.COc1cccc([C@H]2OCC3=NCC(C)=C(C(F)(F)F)N3c3ccc(Br)cc32)c1Cl. The Balaban J connectivity index is 0.000000751. The topological polar surface area (TPSA) is 71.4 Å². The molecule has 0 unspecified atom stereocenters. The molecule has 6 nitrogen and oxygen atoms in total. The molecule has 2 aromatic rings. The van der Waals surface area contributed by atoms with E-state index in [9.17, 15) is 13.2 Å². The number of methoxy groups -OCH3 is 1. The lowest BCUT2D eigenvalue weighted by atomic mass is 9.98. The number of ether oxygens (including phenoxy) is 2. The Bertz CT molecular complexity index is 1160. The number of aliphatic carboxylic acids is 1. The summed E-state index contributed by atoms with van der Waals surface area (Å²) in [5.74, 6) is -0.168. The van der Waals surface area contributed by atoms with Crippen LogP contribution in [0.4, 0.5) is 18.9 Å². The minimum atomic E-state index is -4.54. The molecule has 0 aliphatic carbocycles. The second-order valence-corrected chi connectivity index (χ2v) is 8.76. The number of nitrogens with zero attached hydrogens (tertiary/aromatic N) is 2. The minimum Gasteiger partial charge on any atom is -0.495 e. The molecule has 2 aliphatic heterocycles. The highest BCUT2D eigenvalue weighted by Gasteiger charge is 2.45. The maximum absolute atomic E-state index is 14.0. The Labute approximate surface area is 207 Å². The van der Waals surface area contributed by atoms with Gasteiger partial charge in [0.25, 0.3) is 5.97 Å². The first-order chi connectivity index (χ1) is 16.0. The van der Waals surface area contributed by atoms with Crippen LogP contribution < -0.4 is 9.64 Å². The van der Waals surface area contributed by atoms with Gasteiger partial charge in [-0.2, -0.15) is 13.2 Å². The van der Waals surface area contributed by atoms with E-state index in [-0.39, 0.29) is 24.6 Å². The van der Waals surface area contributed by atoms with Crippen molar-refractivity contribution in [1.82, 2.24) is 0 Å². The molecular formula is C23H21BrClF3N2O4. The molecule has 2 heterocycles. The Morgan fingerprint density at radius 1 is 1.29 bits per heavy atom. The van der Waals surface area contributed by atoms with Gasteiger partial charge in [-0.25, -0.2) is 0 Å². The lowest BCUT2D eigenvalue weighted by Gasteiger charge is -2.33. The molecule has 0 spiro atoms. The number of hydrogen-bond acceptors (Lipinski definition) is 5. The van der Waals surface area contributed by atoms with Crippen LogP contribution in [0.3, 0.4) is 0 Å². The second kappa shape index (κ2) is 10.4. The molecule has 0 aromatic heterocycles. The van der Waals surface area contributed by atoms with Crippen molar-refractivity contribution in [3.8, 4) is 5.75 Å². The third-order valence-corrected chi connectivity index (χ3v) is 5.94. The number of aliphatic imine (C=N–C) groups is 1. The van der Waals surface area contributed by atoms with Crippen LogP contribution in [-0.2, 0) is 9.53 Å². The molecule has 2 aliphatic rings. The number of anilines is 1. The molecule has 0 saturated heterocycles. The van der Waals surface area contributed by atoms with E-state index in [1.54, 1.807) is 36.4 Å². The summed E-state index contributed by atoms with van der Waals surface area (Å²) < 4.78 is 54.1. The monoisotopic (exact) mass is 560 g/mol. The Kier molecular flexibility index (Phi) is 7.95. The van der Waals surface area contributed by atoms with Gasteiger partial charge in [-0.3, -0.25) is 14.7 Å². The molecule has 2 aromatic carbocycles. The fourth-order valence-electron chi connectivity index (χ4n) is 3.75. The first kappa shape index (κ1) is 26.1. The number of amidine groups is 1. The summed E-state index contributed by atoms with van der Waals surface area (Å²) >= 11 is 9.95. The van der Waals surface area contributed by atoms with E-state index in [1.165, 1.54) is 14.0 Å². The molecule has 182 valence electrons. The van der Waals surface area contributed by atoms with E-state index in [4.69, 9.17) is 31.0 Å². The first-order valence-corrected chi connectivity index (χ1v) is 11.2. The summed E-state index contributed by atoms with van der Waals surface area (Å²) in [5, 5.41) is 7.76. The highest BCUT2D eigenvalue weighted by Crippen LogP contribution is 2.46. The normalized spacial score (nSPS) is 17.6. The van der Waals surface area contributed by atoms with E-state index in [0.717, 1.165) is 11.8 Å². The summed E-state index contributed by atoms with van der Waals surface area (Å²) in [4.78, 5) is 14.5. The fraction of sp³-hybridized carbons (Fsp3) is 0.304. The number of alkyl halides is 3. The Hall–Kier alpha value is -2.56. The van der Waals surface area contributed by atoms with Crippen LogP contribution in [0.2, 0.25) is 5.02 Å². The molecule has 1 atom stereocenters. The summed E-state index contributed by atoms with van der Waals surface area (Å²) in [5.41, 5.74) is 0.922. The summed E-state index contributed by atoms with van der Waals surface area (Å²) in [6.45, 7) is 2.40. The molecule has 34 heavy (non-hydrogen) atoms.